The number of benzene rings is 1. The SMILES string of the molecule is CCn1c(C2CC2)nn(CN2CCN(CC(=O)Nc3ccc(F)cc3)CC2)c1=S. The van der Waals surface area contributed by atoms with Crippen LogP contribution < -0.4 is 5.32 Å². The Morgan fingerprint density at radius 1 is 1.17 bits per heavy atom. The van der Waals surface area contributed by atoms with Crippen molar-refractivity contribution in [2.75, 3.05) is 38.0 Å². The lowest BCUT2D eigenvalue weighted by Gasteiger charge is -2.33. The van der Waals surface area contributed by atoms with Crippen LogP contribution in [0.15, 0.2) is 24.3 Å². The number of nitrogens with one attached hydrogen (secondary N) is 1. The average molecular weight is 419 g/mol. The minimum atomic E-state index is -0.313. The quantitative estimate of drug-likeness (QED) is 0.701. The molecule has 9 heteroatoms. The van der Waals surface area contributed by atoms with Crippen LogP contribution in [0, 0.1) is 10.6 Å². The molecule has 156 valence electrons. The maximum Gasteiger partial charge on any atom is 0.238 e. The van der Waals surface area contributed by atoms with Gasteiger partial charge in [0.25, 0.3) is 0 Å². The summed E-state index contributed by atoms with van der Waals surface area (Å²) in [6, 6.07) is 5.82. The van der Waals surface area contributed by atoms with E-state index in [0.29, 0.717) is 24.8 Å². The number of carbonyl (C=O) groups is 1. The molecule has 0 unspecified atom stereocenters. The third-order valence-corrected chi connectivity index (χ3v) is 5.94. The van der Waals surface area contributed by atoms with E-state index in [1.54, 1.807) is 12.1 Å². The predicted molar refractivity (Wildman–Crippen MR) is 112 cm³/mol. The topological polar surface area (TPSA) is 58.3 Å². The third-order valence-electron chi connectivity index (χ3n) is 5.50. The molecule has 7 nitrogen and oxygen atoms in total. The lowest BCUT2D eigenvalue weighted by molar-refractivity contribution is -0.117. The van der Waals surface area contributed by atoms with E-state index < -0.39 is 0 Å². The summed E-state index contributed by atoms with van der Waals surface area (Å²) >= 11 is 5.63. The third kappa shape index (κ3) is 4.91. The highest BCUT2D eigenvalue weighted by molar-refractivity contribution is 7.71. The van der Waals surface area contributed by atoms with Crippen molar-refractivity contribution >= 4 is 23.8 Å². The number of nitrogens with zero attached hydrogens (tertiary/aromatic N) is 5. The predicted octanol–water partition coefficient (Wildman–Crippen LogP) is 2.66. The van der Waals surface area contributed by atoms with Gasteiger partial charge < -0.3 is 9.88 Å². The molecule has 2 fully saturated rings. The van der Waals surface area contributed by atoms with E-state index >= 15 is 0 Å². The number of halogens is 1. The number of hydrogen-bond acceptors (Lipinski definition) is 5. The van der Waals surface area contributed by atoms with E-state index in [2.05, 4.69) is 26.6 Å². The summed E-state index contributed by atoms with van der Waals surface area (Å²) in [6.07, 6.45) is 2.43. The standard InChI is InChI=1S/C20H27FN6OS/c1-2-26-19(15-3-4-15)23-27(20(26)29)14-25-11-9-24(10-12-25)13-18(28)22-17-7-5-16(21)6-8-17/h5-8,15H,2-4,9-14H2,1H3,(H,22,28). The molecule has 1 aliphatic carbocycles. The molecule has 2 aromatic rings. The summed E-state index contributed by atoms with van der Waals surface area (Å²) in [5, 5.41) is 7.60. The Balaban J connectivity index is 1.27. The van der Waals surface area contributed by atoms with Crippen molar-refractivity contribution in [1.82, 2.24) is 24.1 Å². The number of piperazine rings is 1. The zero-order valence-corrected chi connectivity index (χ0v) is 17.5. The Labute approximate surface area is 175 Å². The molecule has 0 bridgehead atoms. The van der Waals surface area contributed by atoms with Gasteiger partial charge in [-0.25, -0.2) is 9.07 Å². The van der Waals surface area contributed by atoms with E-state index in [1.165, 1.54) is 25.0 Å². The molecule has 1 aliphatic heterocycles. The molecule has 1 amide bonds. The minimum absolute atomic E-state index is 0.0805. The van der Waals surface area contributed by atoms with Gasteiger partial charge in [0, 0.05) is 44.3 Å². The Hall–Kier alpha value is -2.10. The lowest BCUT2D eigenvalue weighted by Crippen LogP contribution is -2.49. The van der Waals surface area contributed by atoms with Gasteiger partial charge in [-0.05, 0) is 56.2 Å². The number of rotatable bonds is 7. The van der Waals surface area contributed by atoms with E-state index in [-0.39, 0.29) is 11.7 Å². The summed E-state index contributed by atoms with van der Waals surface area (Å²) in [5.41, 5.74) is 0.613. The Morgan fingerprint density at radius 2 is 1.83 bits per heavy atom. The summed E-state index contributed by atoms with van der Waals surface area (Å²) < 4.78 is 17.9. The largest absolute Gasteiger partial charge is 0.325 e. The fourth-order valence-corrected chi connectivity index (χ4v) is 4.03. The number of carbonyl (C=O) groups excluding carboxylic acids is 1. The van der Waals surface area contributed by atoms with E-state index in [1.807, 2.05) is 4.68 Å². The molecule has 29 heavy (non-hydrogen) atoms. The molecule has 1 saturated heterocycles. The van der Waals surface area contributed by atoms with Gasteiger partial charge >= 0.3 is 0 Å². The van der Waals surface area contributed by atoms with Crippen LogP contribution in [-0.4, -0.2) is 62.8 Å². The number of aromatic nitrogens is 3. The minimum Gasteiger partial charge on any atom is -0.325 e. The van der Waals surface area contributed by atoms with Crippen LogP contribution >= 0.6 is 12.2 Å². The van der Waals surface area contributed by atoms with Crippen molar-refractivity contribution in [3.8, 4) is 0 Å². The fourth-order valence-electron chi connectivity index (χ4n) is 3.71. The van der Waals surface area contributed by atoms with Crippen LogP contribution in [0.1, 0.15) is 31.5 Å². The zero-order valence-electron chi connectivity index (χ0n) is 16.7. The number of amides is 1. The lowest BCUT2D eigenvalue weighted by atomic mass is 10.3. The zero-order chi connectivity index (χ0) is 20.4. The van der Waals surface area contributed by atoms with Crippen molar-refractivity contribution in [2.45, 2.75) is 38.9 Å². The second-order valence-electron chi connectivity index (χ2n) is 7.75. The molecule has 1 aromatic carbocycles. The Morgan fingerprint density at radius 3 is 2.45 bits per heavy atom. The second kappa shape index (κ2) is 8.73. The molecule has 4 rings (SSSR count). The molecule has 1 N–H and O–H groups in total. The summed E-state index contributed by atoms with van der Waals surface area (Å²) in [5.74, 6) is 1.32. The normalized spacial score (nSPS) is 18.1. The van der Waals surface area contributed by atoms with Crippen molar-refractivity contribution in [2.24, 2.45) is 0 Å². The highest BCUT2D eigenvalue weighted by Crippen LogP contribution is 2.39. The molecule has 0 spiro atoms. The summed E-state index contributed by atoms with van der Waals surface area (Å²) in [4.78, 5) is 16.7. The maximum atomic E-state index is 13.0. The van der Waals surface area contributed by atoms with Gasteiger partial charge in [-0.3, -0.25) is 14.6 Å². The maximum absolute atomic E-state index is 13.0. The van der Waals surface area contributed by atoms with E-state index in [9.17, 15) is 9.18 Å². The molecule has 1 saturated carbocycles. The highest BCUT2D eigenvalue weighted by Gasteiger charge is 2.30. The smallest absolute Gasteiger partial charge is 0.238 e. The number of anilines is 1. The molecule has 0 atom stereocenters. The van der Waals surface area contributed by atoms with Crippen molar-refractivity contribution in [3.63, 3.8) is 0 Å². The van der Waals surface area contributed by atoms with Crippen molar-refractivity contribution < 1.29 is 9.18 Å². The van der Waals surface area contributed by atoms with Crippen LogP contribution in [0.4, 0.5) is 10.1 Å². The molecule has 1 aromatic heterocycles. The van der Waals surface area contributed by atoms with Gasteiger partial charge in [-0.1, -0.05) is 0 Å². The molecular formula is C20H27FN6OS. The Kier molecular flexibility index (Phi) is 6.07. The monoisotopic (exact) mass is 418 g/mol. The van der Waals surface area contributed by atoms with Gasteiger partial charge in [0.05, 0.1) is 13.2 Å². The van der Waals surface area contributed by atoms with Crippen LogP contribution in [0.3, 0.4) is 0 Å². The van der Waals surface area contributed by atoms with Gasteiger partial charge in [0.1, 0.15) is 11.6 Å². The second-order valence-corrected chi connectivity index (χ2v) is 8.11. The summed E-state index contributed by atoms with van der Waals surface area (Å²) in [7, 11) is 0. The molecular weight excluding hydrogens is 391 g/mol. The van der Waals surface area contributed by atoms with E-state index in [4.69, 9.17) is 17.3 Å². The van der Waals surface area contributed by atoms with Crippen molar-refractivity contribution in [1.29, 1.82) is 0 Å². The first-order valence-corrected chi connectivity index (χ1v) is 10.6. The van der Waals surface area contributed by atoms with Gasteiger partial charge in [0.15, 0.2) is 4.77 Å². The molecule has 2 aliphatic rings. The highest BCUT2D eigenvalue weighted by atomic mass is 32.1. The van der Waals surface area contributed by atoms with E-state index in [0.717, 1.165) is 43.3 Å². The van der Waals surface area contributed by atoms with Crippen molar-refractivity contribution in [3.05, 3.63) is 40.7 Å². The van der Waals surface area contributed by atoms with Gasteiger partial charge in [0.2, 0.25) is 5.91 Å². The first kappa shape index (κ1) is 20.2. The van der Waals surface area contributed by atoms with Crippen LogP contribution in [0.5, 0.6) is 0 Å². The average Bonchev–Trinajstić information content (AvgIpc) is 3.50. The Bertz CT molecular complexity index is 912. The van der Waals surface area contributed by atoms with Crippen LogP contribution in [-0.2, 0) is 18.0 Å². The summed E-state index contributed by atoms with van der Waals surface area (Å²) in [6.45, 7) is 7.36. The fraction of sp³-hybridized carbons (Fsp3) is 0.550. The van der Waals surface area contributed by atoms with Crippen LogP contribution in [0.25, 0.3) is 0 Å². The van der Waals surface area contributed by atoms with Crippen LogP contribution in [0.2, 0.25) is 0 Å². The first-order chi connectivity index (χ1) is 14.0. The first-order valence-electron chi connectivity index (χ1n) is 10.2. The number of hydrogen-bond donors (Lipinski definition) is 1. The van der Waals surface area contributed by atoms with Gasteiger partial charge in [-0.15, -0.1) is 0 Å². The van der Waals surface area contributed by atoms with Gasteiger partial charge in [-0.2, -0.15) is 5.10 Å². The molecule has 0 radical (unpaired) electrons. The molecule has 2 heterocycles.